The van der Waals surface area contributed by atoms with Gasteiger partial charge in [0.15, 0.2) is 23.0 Å². The van der Waals surface area contributed by atoms with Gasteiger partial charge in [0, 0.05) is 92.0 Å². The van der Waals surface area contributed by atoms with Crippen molar-refractivity contribution in [3.8, 4) is 28.7 Å². The zero-order valence-corrected chi connectivity index (χ0v) is 55.5. The molecule has 33 heteroatoms. The summed E-state index contributed by atoms with van der Waals surface area (Å²) in [5.41, 5.74) is 21.6. The highest BCUT2D eigenvalue weighted by Crippen LogP contribution is 2.41. The van der Waals surface area contributed by atoms with E-state index >= 15 is 0 Å². The van der Waals surface area contributed by atoms with E-state index < -0.39 is 54.4 Å². The molecule has 546 valence electrons. The monoisotopic (exact) mass is 1420 g/mol. The van der Waals surface area contributed by atoms with Crippen LogP contribution in [-0.2, 0) is 45.1 Å². The molecule has 0 unspecified atom stereocenters. The van der Waals surface area contributed by atoms with E-state index in [1.165, 1.54) is 23.5 Å². The number of nitrogens with two attached hydrogens (primary N) is 2. The molecule has 2 aromatic heterocycles. The second kappa shape index (κ2) is 39.0. The largest absolute Gasteiger partial charge is 0.508 e. The van der Waals surface area contributed by atoms with Gasteiger partial charge in [-0.1, -0.05) is 50.2 Å². The van der Waals surface area contributed by atoms with Gasteiger partial charge in [-0.05, 0) is 112 Å². The van der Waals surface area contributed by atoms with Crippen molar-refractivity contribution < 1.29 is 113 Å². The van der Waals surface area contributed by atoms with Crippen molar-refractivity contribution in [3.05, 3.63) is 136 Å². The fourth-order valence-electron chi connectivity index (χ4n) is 9.68. The maximum atomic E-state index is 12.5. The van der Waals surface area contributed by atoms with Gasteiger partial charge in [0.25, 0.3) is 11.8 Å². The van der Waals surface area contributed by atoms with Crippen LogP contribution in [0.15, 0.2) is 97.3 Å². The number of benzene rings is 5. The van der Waals surface area contributed by atoms with Gasteiger partial charge in [-0.3, -0.25) is 24.5 Å². The molecule has 1 saturated heterocycles. The van der Waals surface area contributed by atoms with Gasteiger partial charge in [-0.2, -0.15) is 39.5 Å². The number of aliphatic hydroxyl groups excluding tert-OH is 1. The smallest absolute Gasteiger partial charge is 0.490 e. The lowest BCUT2D eigenvalue weighted by atomic mass is 10.00. The summed E-state index contributed by atoms with van der Waals surface area (Å²) in [5, 5.41) is 57.2. The average molecular weight is 1420 g/mol. The summed E-state index contributed by atoms with van der Waals surface area (Å²) >= 11 is 0. The van der Waals surface area contributed by atoms with Crippen molar-refractivity contribution in [2.45, 2.75) is 105 Å². The fourth-order valence-corrected chi connectivity index (χ4v) is 9.68. The standard InChI is InChI=1S/C32H38N4O5.C29H39N5O4.3C2HF3O2/c1-5-23-21(17-34-19(4)31(38)20-11-13-22(37)14-12-20)9-8-10-26(23)36-30-24-15-28(40-6-2)29(41-7-3)16-27(24)35-18-25(30)32(33)39;1-4-21-20(18-31-10-11-34-12-14-36-15-13-34)8-7-9-24(21)33-28-22-16-26(37-5-2)27(38-6-3)17-25(22)32-19-23(28)29(30)35;3*3-2(4,5)1(6)7/h8-16,18-19,31,34,37-38H,5-7,17H2,1-4H3,(H2,33,39)(H,35,36);7-9,16-17,19,31H,4-6,10-15,18H2,1-3H3,(H2,30,35)(H,32,33);3*(H,6,7)/t19-,31-;;;;/m1..../s1. The maximum absolute atomic E-state index is 12.5. The normalized spacial score (nSPS) is 12.8. The van der Waals surface area contributed by atoms with Crippen molar-refractivity contribution in [1.82, 2.24) is 25.5 Å². The first-order chi connectivity index (χ1) is 47.1. The van der Waals surface area contributed by atoms with Crippen LogP contribution in [0.3, 0.4) is 0 Å². The number of amides is 2. The lowest BCUT2D eigenvalue weighted by Gasteiger charge is -2.26. The highest BCUT2D eigenvalue weighted by atomic mass is 19.4. The number of hydrogen-bond donors (Lipinski definition) is 11. The van der Waals surface area contributed by atoms with Gasteiger partial charge in [0.05, 0.1) is 79.3 Å². The Morgan fingerprint density at radius 3 is 1.30 bits per heavy atom. The number of phenols is 1. The molecule has 0 saturated carbocycles. The SMILES string of the molecule is CCOc1cc2ncc(C(N)=O)c(Nc3cccc(CNCCN4CCOCC4)c3CC)c2cc1OCC.CCOc1cc2ncc(C(N)=O)c(Nc3cccc(CN[C@H](C)[C@@H](O)c4ccc(O)cc4)c3CC)c2cc1OCC.O=C(O)C(F)(F)F.O=C(O)C(F)(F)F.O=C(O)C(F)(F)F. The zero-order valence-electron chi connectivity index (χ0n) is 55.5. The van der Waals surface area contributed by atoms with E-state index in [0.29, 0.717) is 89.3 Å². The highest BCUT2D eigenvalue weighted by molar-refractivity contribution is 6.09. The summed E-state index contributed by atoms with van der Waals surface area (Å²) in [6, 6.07) is 25.8. The lowest BCUT2D eigenvalue weighted by Crippen LogP contribution is -2.40. The van der Waals surface area contributed by atoms with E-state index in [1.54, 1.807) is 24.3 Å². The van der Waals surface area contributed by atoms with Crippen LogP contribution in [0, 0.1) is 0 Å². The number of ether oxygens (including phenoxy) is 5. The van der Waals surface area contributed by atoms with Crippen LogP contribution in [0.4, 0.5) is 62.3 Å². The number of primary amides is 2. The number of aliphatic hydroxyl groups is 1. The summed E-state index contributed by atoms with van der Waals surface area (Å²) in [5.74, 6) is -6.90. The van der Waals surface area contributed by atoms with Crippen LogP contribution in [0.25, 0.3) is 21.8 Å². The Balaban J connectivity index is 0.000000330. The molecule has 24 nitrogen and oxygen atoms in total. The van der Waals surface area contributed by atoms with Gasteiger partial charge < -0.3 is 82.0 Å². The van der Waals surface area contributed by atoms with Crippen molar-refractivity contribution in [3.63, 3.8) is 0 Å². The number of carboxylic acids is 3. The summed E-state index contributed by atoms with van der Waals surface area (Å²) in [4.78, 5) is 63.0. The summed E-state index contributed by atoms with van der Waals surface area (Å²) < 4.78 is 124. The Bertz CT molecular complexity index is 3800. The Kier molecular flexibility index (Phi) is 32.2. The van der Waals surface area contributed by atoms with Crippen molar-refractivity contribution in [1.29, 1.82) is 0 Å². The molecule has 1 fully saturated rings. The Morgan fingerprint density at radius 1 is 0.580 bits per heavy atom. The lowest BCUT2D eigenvalue weighted by molar-refractivity contribution is -0.193. The molecule has 100 heavy (non-hydrogen) atoms. The van der Waals surface area contributed by atoms with Crippen LogP contribution in [0.1, 0.15) is 103 Å². The van der Waals surface area contributed by atoms with Crippen LogP contribution in [0.5, 0.6) is 28.7 Å². The van der Waals surface area contributed by atoms with Crippen LogP contribution < -0.4 is 51.7 Å². The molecule has 0 aliphatic carbocycles. The first-order valence-corrected chi connectivity index (χ1v) is 31.1. The minimum absolute atomic E-state index is 0.156. The van der Waals surface area contributed by atoms with Crippen molar-refractivity contribution in [2.24, 2.45) is 11.5 Å². The molecule has 0 bridgehead atoms. The third kappa shape index (κ3) is 24.8. The van der Waals surface area contributed by atoms with Gasteiger partial charge >= 0.3 is 36.4 Å². The Morgan fingerprint density at radius 2 is 0.950 bits per heavy atom. The quantitative estimate of drug-likeness (QED) is 0.0177. The summed E-state index contributed by atoms with van der Waals surface area (Å²) in [6.07, 6.45) is -11.4. The molecule has 1 aliphatic heterocycles. The van der Waals surface area contributed by atoms with Crippen molar-refractivity contribution >= 4 is 74.3 Å². The van der Waals surface area contributed by atoms with E-state index in [1.807, 2.05) is 89.2 Å². The molecule has 7 aromatic rings. The molecule has 2 atom stereocenters. The number of phenolic OH excluding ortho intramolecular Hbond substituents is 1. The first kappa shape index (κ1) is 82.5. The minimum atomic E-state index is -5.08. The number of pyridine rings is 2. The summed E-state index contributed by atoms with van der Waals surface area (Å²) in [7, 11) is 0. The van der Waals surface area contributed by atoms with Gasteiger partial charge in [0.2, 0.25) is 0 Å². The van der Waals surface area contributed by atoms with Crippen LogP contribution in [0.2, 0.25) is 0 Å². The first-order valence-electron chi connectivity index (χ1n) is 31.1. The van der Waals surface area contributed by atoms with Gasteiger partial charge in [0.1, 0.15) is 5.75 Å². The molecule has 0 radical (unpaired) electrons. The third-order valence-electron chi connectivity index (χ3n) is 14.4. The number of fused-ring (bicyclic) bond motifs is 2. The molecular weight excluding hydrogens is 1340 g/mol. The number of carbonyl (C=O) groups is 5. The highest BCUT2D eigenvalue weighted by Gasteiger charge is 2.39. The number of nitrogens with zero attached hydrogens (tertiary/aromatic N) is 3. The number of alkyl halides is 9. The minimum Gasteiger partial charge on any atom is -0.508 e. The van der Waals surface area contributed by atoms with E-state index in [9.17, 15) is 59.3 Å². The van der Waals surface area contributed by atoms with E-state index in [-0.39, 0.29) is 17.4 Å². The number of anilines is 4. The van der Waals surface area contributed by atoms with Gasteiger partial charge in [-0.15, -0.1) is 0 Å². The molecular formula is C67H80F9N9O15. The van der Waals surface area contributed by atoms with Crippen LogP contribution in [-0.4, -0.2) is 161 Å². The van der Waals surface area contributed by atoms with Gasteiger partial charge in [-0.25, -0.2) is 14.4 Å². The molecule has 5 aromatic carbocycles. The second-order valence-electron chi connectivity index (χ2n) is 21.3. The fraction of sp³-hybridized carbons (Fsp3) is 0.388. The number of nitrogens with one attached hydrogen (secondary N) is 4. The number of rotatable bonds is 26. The topological polar surface area (TPSA) is 362 Å². The number of morpholine rings is 1. The van der Waals surface area contributed by atoms with E-state index in [4.69, 9.17) is 64.9 Å². The second-order valence-corrected chi connectivity index (χ2v) is 21.3. The van der Waals surface area contributed by atoms with E-state index in [0.717, 1.165) is 92.2 Å². The maximum Gasteiger partial charge on any atom is 0.490 e. The molecule has 8 rings (SSSR count). The average Bonchev–Trinajstić information content (AvgIpc) is 0.777. The summed E-state index contributed by atoms with van der Waals surface area (Å²) in [6.45, 7) is 22.5. The number of hydrogen-bond acceptors (Lipinski definition) is 19. The van der Waals surface area contributed by atoms with Crippen molar-refractivity contribution in [2.75, 3.05) is 76.5 Å². The number of carboxylic acid groups (broad SMARTS) is 3. The number of aliphatic carboxylic acids is 3. The molecule has 2 amide bonds. The number of aromatic hydroxyl groups is 1. The van der Waals surface area contributed by atoms with Crippen LogP contribution >= 0.6 is 0 Å². The van der Waals surface area contributed by atoms with E-state index in [2.05, 4.69) is 56.0 Å². The molecule has 0 spiro atoms. The zero-order chi connectivity index (χ0) is 74.7. The molecule has 3 heterocycles. The Labute approximate surface area is 568 Å². The molecule has 13 N–H and O–H groups in total. The Hall–Kier alpha value is -9.96. The number of halogens is 9. The third-order valence-corrected chi connectivity index (χ3v) is 14.4. The number of aromatic nitrogens is 2. The molecule has 1 aliphatic rings. The predicted molar refractivity (Wildman–Crippen MR) is 353 cm³/mol. The number of carbonyl (C=O) groups excluding carboxylic acids is 2. The predicted octanol–water partition coefficient (Wildman–Crippen LogP) is 11.1.